The van der Waals surface area contributed by atoms with E-state index in [2.05, 4.69) is 17.4 Å². The van der Waals surface area contributed by atoms with Crippen LogP contribution in [0.5, 0.6) is 5.75 Å². The van der Waals surface area contributed by atoms with Gasteiger partial charge in [-0.3, -0.25) is 4.79 Å². The van der Waals surface area contributed by atoms with Crippen LogP contribution in [0.15, 0.2) is 54.6 Å². The first-order valence-electron chi connectivity index (χ1n) is 7.88. The van der Waals surface area contributed by atoms with E-state index in [4.69, 9.17) is 4.74 Å². The first-order valence-corrected chi connectivity index (χ1v) is 9.04. The number of rotatable bonds is 9. The lowest BCUT2D eigenvalue weighted by atomic mass is 10.2. The lowest BCUT2D eigenvalue weighted by molar-refractivity contribution is -0.120. The van der Waals surface area contributed by atoms with Crippen LogP contribution in [0.1, 0.15) is 24.5 Å². The van der Waals surface area contributed by atoms with Crippen molar-refractivity contribution in [2.24, 2.45) is 0 Å². The number of thioether (sulfide) groups is 1. The predicted octanol–water partition coefficient (Wildman–Crippen LogP) is 4.03. The number of benzene rings is 2. The van der Waals surface area contributed by atoms with E-state index >= 15 is 0 Å². The number of carbonyl (C=O) groups excluding carboxylic acids is 1. The zero-order valence-electron chi connectivity index (χ0n) is 13.5. The van der Waals surface area contributed by atoms with Gasteiger partial charge >= 0.3 is 0 Å². The third kappa shape index (κ3) is 6.37. The zero-order chi connectivity index (χ0) is 16.3. The highest BCUT2D eigenvalue weighted by molar-refractivity contribution is 7.98. The van der Waals surface area contributed by atoms with Crippen molar-refractivity contribution in [2.45, 2.75) is 25.6 Å². The summed E-state index contributed by atoms with van der Waals surface area (Å²) in [6.45, 7) is 3.10. The van der Waals surface area contributed by atoms with Gasteiger partial charge in [-0.05, 0) is 18.6 Å². The summed E-state index contributed by atoms with van der Waals surface area (Å²) in [4.78, 5) is 11.9. The summed E-state index contributed by atoms with van der Waals surface area (Å²) in [5.74, 6) is 2.69. The molecule has 0 aliphatic rings. The van der Waals surface area contributed by atoms with Crippen LogP contribution < -0.4 is 10.1 Å². The van der Waals surface area contributed by atoms with Gasteiger partial charge in [0.25, 0.3) is 0 Å². The minimum absolute atomic E-state index is 0.0804. The summed E-state index contributed by atoms with van der Waals surface area (Å²) < 4.78 is 5.56. The summed E-state index contributed by atoms with van der Waals surface area (Å²) in [5, 5.41) is 2.96. The van der Waals surface area contributed by atoms with Gasteiger partial charge < -0.3 is 10.1 Å². The smallest absolute Gasteiger partial charge is 0.221 e. The minimum atomic E-state index is 0.0804. The van der Waals surface area contributed by atoms with Gasteiger partial charge in [0.2, 0.25) is 5.91 Å². The van der Waals surface area contributed by atoms with E-state index in [1.165, 1.54) is 5.56 Å². The average molecular weight is 329 g/mol. The number of hydrogen-bond acceptors (Lipinski definition) is 3. The molecular weight excluding hydrogens is 306 g/mol. The fourth-order valence-corrected chi connectivity index (χ4v) is 3.06. The van der Waals surface area contributed by atoms with E-state index < -0.39 is 0 Å². The number of nitrogens with one attached hydrogen (secondary N) is 1. The Morgan fingerprint density at radius 3 is 2.61 bits per heavy atom. The maximum atomic E-state index is 11.9. The second-order valence-electron chi connectivity index (χ2n) is 5.11. The molecule has 3 nitrogen and oxygen atoms in total. The molecule has 0 spiro atoms. The molecule has 23 heavy (non-hydrogen) atoms. The first-order chi connectivity index (χ1) is 11.3. The van der Waals surface area contributed by atoms with Crippen LogP contribution in [0.2, 0.25) is 0 Å². The quantitative estimate of drug-likeness (QED) is 0.706. The Morgan fingerprint density at radius 2 is 1.83 bits per heavy atom. The number of carbonyl (C=O) groups is 1. The Kier molecular flexibility index (Phi) is 7.54. The monoisotopic (exact) mass is 329 g/mol. The number of amides is 1. The minimum Gasteiger partial charge on any atom is -0.494 e. The van der Waals surface area contributed by atoms with Gasteiger partial charge in [0.05, 0.1) is 6.61 Å². The fraction of sp³-hybridized carbons (Fsp3) is 0.316. The molecule has 1 N–H and O–H groups in total. The molecule has 0 heterocycles. The highest BCUT2D eigenvalue weighted by Crippen LogP contribution is 2.17. The van der Waals surface area contributed by atoms with Crippen LogP contribution in [0.3, 0.4) is 0 Å². The molecule has 122 valence electrons. The molecule has 2 aromatic carbocycles. The second kappa shape index (κ2) is 9.95. The van der Waals surface area contributed by atoms with Crippen LogP contribution in [0.4, 0.5) is 0 Å². The average Bonchev–Trinajstić information content (AvgIpc) is 2.59. The van der Waals surface area contributed by atoms with E-state index in [9.17, 15) is 4.79 Å². The van der Waals surface area contributed by atoms with Gasteiger partial charge in [-0.15, -0.1) is 0 Å². The predicted molar refractivity (Wildman–Crippen MR) is 96.7 cm³/mol. The molecule has 0 atom stereocenters. The van der Waals surface area contributed by atoms with Crippen molar-refractivity contribution >= 4 is 17.7 Å². The van der Waals surface area contributed by atoms with Crippen LogP contribution in [0.25, 0.3) is 0 Å². The molecule has 0 radical (unpaired) electrons. The lowest BCUT2D eigenvalue weighted by Crippen LogP contribution is -2.23. The molecule has 0 fully saturated rings. The lowest BCUT2D eigenvalue weighted by Gasteiger charge is -2.11. The number of para-hydroxylation sites is 1. The highest BCUT2D eigenvalue weighted by Gasteiger charge is 2.05. The molecule has 0 aliphatic carbocycles. The Balaban J connectivity index is 1.67. The summed E-state index contributed by atoms with van der Waals surface area (Å²) in [7, 11) is 0. The standard InChI is InChI=1S/C19H23NO2S/c1-2-22-18-11-7-6-10-17(18)14-20-19(21)12-13-23-15-16-8-4-3-5-9-16/h3-11H,2,12-15H2,1H3,(H,20,21). The molecule has 0 aliphatic heterocycles. The molecular formula is C19H23NO2S. The van der Waals surface area contributed by atoms with Gasteiger partial charge in [0, 0.05) is 30.0 Å². The maximum Gasteiger partial charge on any atom is 0.221 e. The van der Waals surface area contributed by atoms with Crippen molar-refractivity contribution in [3.63, 3.8) is 0 Å². The molecule has 1 amide bonds. The second-order valence-corrected chi connectivity index (χ2v) is 6.21. The Bertz CT molecular complexity index is 601. The topological polar surface area (TPSA) is 38.3 Å². The Labute approximate surface area is 142 Å². The van der Waals surface area contributed by atoms with Gasteiger partial charge in [-0.2, -0.15) is 11.8 Å². The summed E-state index contributed by atoms with van der Waals surface area (Å²) in [6, 6.07) is 18.1. The third-order valence-corrected chi connectivity index (χ3v) is 4.36. The summed E-state index contributed by atoms with van der Waals surface area (Å²) in [6.07, 6.45) is 0.536. The van der Waals surface area contributed by atoms with Crippen LogP contribution in [-0.2, 0) is 17.1 Å². The third-order valence-electron chi connectivity index (χ3n) is 3.33. The van der Waals surface area contributed by atoms with E-state index in [1.807, 2.05) is 49.4 Å². The van der Waals surface area contributed by atoms with E-state index in [0.29, 0.717) is 19.6 Å². The fourth-order valence-electron chi connectivity index (χ4n) is 2.16. The van der Waals surface area contributed by atoms with Crippen molar-refractivity contribution in [1.29, 1.82) is 0 Å². The maximum absolute atomic E-state index is 11.9. The molecule has 0 unspecified atom stereocenters. The molecule has 2 aromatic rings. The Hall–Kier alpha value is -1.94. The SMILES string of the molecule is CCOc1ccccc1CNC(=O)CCSCc1ccccc1. The largest absolute Gasteiger partial charge is 0.494 e. The summed E-state index contributed by atoms with van der Waals surface area (Å²) in [5.41, 5.74) is 2.31. The summed E-state index contributed by atoms with van der Waals surface area (Å²) >= 11 is 1.78. The molecule has 0 saturated heterocycles. The zero-order valence-corrected chi connectivity index (χ0v) is 14.3. The van der Waals surface area contributed by atoms with Crippen LogP contribution in [-0.4, -0.2) is 18.3 Å². The first kappa shape index (κ1) is 17.4. The Morgan fingerprint density at radius 1 is 1.09 bits per heavy atom. The van der Waals surface area contributed by atoms with E-state index in [0.717, 1.165) is 22.8 Å². The molecule has 4 heteroatoms. The molecule has 0 bridgehead atoms. The normalized spacial score (nSPS) is 10.3. The van der Waals surface area contributed by atoms with Crippen molar-refractivity contribution in [2.75, 3.05) is 12.4 Å². The van der Waals surface area contributed by atoms with Crippen molar-refractivity contribution in [3.8, 4) is 5.75 Å². The number of ether oxygens (including phenoxy) is 1. The van der Waals surface area contributed by atoms with Gasteiger partial charge in [0.15, 0.2) is 0 Å². The molecule has 0 aromatic heterocycles. The molecule has 0 saturated carbocycles. The van der Waals surface area contributed by atoms with E-state index in [1.54, 1.807) is 11.8 Å². The molecule has 2 rings (SSSR count). The van der Waals surface area contributed by atoms with Gasteiger partial charge in [-0.1, -0.05) is 48.5 Å². The van der Waals surface area contributed by atoms with Gasteiger partial charge in [0.1, 0.15) is 5.75 Å². The van der Waals surface area contributed by atoms with Crippen molar-refractivity contribution in [1.82, 2.24) is 5.32 Å². The van der Waals surface area contributed by atoms with Gasteiger partial charge in [-0.25, -0.2) is 0 Å². The van der Waals surface area contributed by atoms with Crippen molar-refractivity contribution in [3.05, 3.63) is 65.7 Å². The van der Waals surface area contributed by atoms with Crippen LogP contribution in [0, 0.1) is 0 Å². The van der Waals surface area contributed by atoms with Crippen LogP contribution >= 0.6 is 11.8 Å². The number of hydrogen-bond donors (Lipinski definition) is 1. The highest BCUT2D eigenvalue weighted by atomic mass is 32.2. The van der Waals surface area contributed by atoms with E-state index in [-0.39, 0.29) is 5.91 Å². The van der Waals surface area contributed by atoms with Crippen molar-refractivity contribution < 1.29 is 9.53 Å².